The predicted molar refractivity (Wildman–Crippen MR) is 133 cm³/mol. The van der Waals surface area contributed by atoms with Crippen molar-refractivity contribution in [2.24, 2.45) is 17.8 Å². The van der Waals surface area contributed by atoms with Gasteiger partial charge in [0.05, 0.1) is 19.3 Å². The minimum atomic E-state index is -0.195. The van der Waals surface area contributed by atoms with Crippen LogP contribution in [0, 0.1) is 24.7 Å². The molecule has 4 nitrogen and oxygen atoms in total. The normalized spacial score (nSPS) is 27.2. The Kier molecular flexibility index (Phi) is 8.80. The fraction of sp³-hybridized carbons (Fsp3) is 0.621. The minimum absolute atomic E-state index is 0.195. The number of carbonyl (C=O) groups is 1. The van der Waals surface area contributed by atoms with Crippen LogP contribution in [-0.2, 0) is 16.0 Å². The van der Waals surface area contributed by atoms with Gasteiger partial charge in [0.25, 0.3) is 0 Å². The zero-order chi connectivity index (χ0) is 23.0. The first-order valence-electron chi connectivity index (χ1n) is 13.1. The monoisotopic (exact) mass is 451 g/mol. The van der Waals surface area contributed by atoms with Crippen molar-refractivity contribution in [3.63, 3.8) is 0 Å². The number of benzene rings is 1. The lowest BCUT2D eigenvalue weighted by molar-refractivity contribution is -0.135. The van der Waals surface area contributed by atoms with Crippen LogP contribution in [0.3, 0.4) is 0 Å². The summed E-state index contributed by atoms with van der Waals surface area (Å²) in [5, 5.41) is 10.6. The molecule has 2 fully saturated rings. The summed E-state index contributed by atoms with van der Waals surface area (Å²) < 4.78 is 5.32. The lowest BCUT2D eigenvalue weighted by Gasteiger charge is -2.26. The molecule has 2 aliphatic carbocycles. The molecule has 1 heterocycles. The molecule has 4 rings (SSSR count). The third kappa shape index (κ3) is 6.80. The lowest BCUT2D eigenvalue weighted by Crippen LogP contribution is -2.40. The molecule has 1 amide bonds. The molecule has 0 radical (unpaired) electrons. The van der Waals surface area contributed by atoms with Crippen LogP contribution in [0.1, 0.15) is 62.5 Å². The number of hydrogen-bond donors (Lipinski definition) is 1. The summed E-state index contributed by atoms with van der Waals surface area (Å²) in [6.45, 7) is 5.01. The summed E-state index contributed by atoms with van der Waals surface area (Å²) in [5.74, 6) is 1.71. The van der Waals surface area contributed by atoms with E-state index in [0.717, 1.165) is 58.0 Å². The summed E-state index contributed by atoms with van der Waals surface area (Å²) in [6, 6.07) is 8.74. The van der Waals surface area contributed by atoms with Crippen molar-refractivity contribution < 1.29 is 14.6 Å². The highest BCUT2D eigenvalue weighted by Gasteiger charge is 2.43. The zero-order valence-corrected chi connectivity index (χ0v) is 20.3. The van der Waals surface area contributed by atoms with Gasteiger partial charge in [-0.3, -0.25) is 4.79 Å². The summed E-state index contributed by atoms with van der Waals surface area (Å²) >= 11 is 0. The van der Waals surface area contributed by atoms with Gasteiger partial charge in [0.2, 0.25) is 5.91 Å². The first-order chi connectivity index (χ1) is 16.1. The number of rotatable bonds is 10. The highest BCUT2D eigenvalue weighted by Crippen LogP contribution is 2.48. The number of carbonyl (C=O) groups excluding carboxylic acids is 1. The van der Waals surface area contributed by atoms with Crippen LogP contribution in [0.25, 0.3) is 0 Å². The van der Waals surface area contributed by atoms with Crippen LogP contribution < -0.4 is 0 Å². The maximum absolute atomic E-state index is 12.2. The summed E-state index contributed by atoms with van der Waals surface area (Å²) in [4.78, 5) is 14.2. The quantitative estimate of drug-likeness (QED) is 0.391. The van der Waals surface area contributed by atoms with Gasteiger partial charge in [0.1, 0.15) is 0 Å². The smallest absolute Gasteiger partial charge is 0.222 e. The van der Waals surface area contributed by atoms with Crippen molar-refractivity contribution >= 4 is 5.91 Å². The first kappa shape index (κ1) is 24.2. The molecule has 0 bridgehead atoms. The van der Waals surface area contributed by atoms with Crippen molar-refractivity contribution in [2.45, 2.75) is 70.8 Å². The van der Waals surface area contributed by atoms with Crippen molar-refractivity contribution in [1.29, 1.82) is 0 Å². The number of unbranched alkanes of at least 4 members (excludes halogenated alkanes) is 2. The molecule has 1 aromatic carbocycles. The van der Waals surface area contributed by atoms with Crippen molar-refractivity contribution in [3.05, 3.63) is 59.2 Å². The Morgan fingerprint density at radius 1 is 1.18 bits per heavy atom. The van der Waals surface area contributed by atoms with Crippen LogP contribution in [0.15, 0.2) is 48.1 Å². The Hall–Kier alpha value is -1.91. The number of fused-ring (bicyclic) bond motifs is 1. The van der Waals surface area contributed by atoms with E-state index in [2.05, 4.69) is 49.4 Å². The van der Waals surface area contributed by atoms with Crippen molar-refractivity contribution in [3.8, 4) is 0 Å². The van der Waals surface area contributed by atoms with E-state index in [1.165, 1.54) is 17.5 Å². The maximum Gasteiger partial charge on any atom is 0.222 e. The maximum atomic E-state index is 12.2. The van der Waals surface area contributed by atoms with E-state index in [-0.39, 0.29) is 6.10 Å². The largest absolute Gasteiger partial charge is 0.392 e. The van der Waals surface area contributed by atoms with Gasteiger partial charge in [-0.2, -0.15) is 0 Å². The van der Waals surface area contributed by atoms with Gasteiger partial charge in [-0.05, 0) is 69.3 Å². The van der Waals surface area contributed by atoms with Gasteiger partial charge in [0.15, 0.2) is 0 Å². The number of amides is 1. The number of aliphatic hydroxyl groups is 1. The molecule has 3 aliphatic rings. The van der Waals surface area contributed by atoms with Crippen molar-refractivity contribution in [1.82, 2.24) is 4.90 Å². The molecule has 1 aromatic rings. The fourth-order valence-electron chi connectivity index (χ4n) is 5.94. The number of ether oxygens (including phenoxy) is 1. The van der Waals surface area contributed by atoms with Crippen LogP contribution in [0.4, 0.5) is 0 Å². The average Bonchev–Trinajstić information content (AvgIpc) is 3.33. The highest BCUT2D eigenvalue weighted by molar-refractivity contribution is 5.76. The van der Waals surface area contributed by atoms with Gasteiger partial charge in [-0.15, -0.1) is 0 Å². The predicted octanol–water partition coefficient (Wildman–Crippen LogP) is 5.24. The lowest BCUT2D eigenvalue weighted by atomic mass is 9.88. The molecular formula is C29H41NO3. The number of allylic oxidation sites excluding steroid dienone is 3. The molecule has 1 N–H and O–H groups in total. The van der Waals surface area contributed by atoms with Crippen molar-refractivity contribution in [2.75, 3.05) is 26.3 Å². The van der Waals surface area contributed by atoms with Gasteiger partial charge >= 0.3 is 0 Å². The van der Waals surface area contributed by atoms with Crippen LogP contribution in [0.5, 0.6) is 0 Å². The summed E-state index contributed by atoms with van der Waals surface area (Å²) in [6.07, 6.45) is 16.1. The summed E-state index contributed by atoms with van der Waals surface area (Å²) in [7, 11) is 0. The van der Waals surface area contributed by atoms with Crippen LogP contribution >= 0.6 is 0 Å². The van der Waals surface area contributed by atoms with E-state index < -0.39 is 0 Å². The van der Waals surface area contributed by atoms with E-state index in [1.807, 2.05) is 4.90 Å². The number of nitrogens with zero attached hydrogens (tertiary/aromatic N) is 1. The third-order valence-electron chi connectivity index (χ3n) is 7.74. The second-order valence-corrected chi connectivity index (χ2v) is 10.2. The molecule has 180 valence electrons. The van der Waals surface area contributed by atoms with E-state index >= 15 is 0 Å². The van der Waals surface area contributed by atoms with Gasteiger partial charge in [0, 0.05) is 25.4 Å². The first-order valence-corrected chi connectivity index (χ1v) is 13.1. The Morgan fingerprint density at radius 3 is 2.85 bits per heavy atom. The van der Waals surface area contributed by atoms with Gasteiger partial charge in [-0.1, -0.05) is 60.1 Å². The summed E-state index contributed by atoms with van der Waals surface area (Å²) in [5.41, 5.74) is 4.29. The number of aliphatic hydroxyl groups excluding tert-OH is 1. The molecule has 0 spiro atoms. The molecule has 1 saturated heterocycles. The molecule has 0 unspecified atom stereocenters. The molecular weight excluding hydrogens is 410 g/mol. The number of morpholine rings is 1. The van der Waals surface area contributed by atoms with E-state index in [9.17, 15) is 9.90 Å². The molecule has 4 heteroatoms. The van der Waals surface area contributed by atoms with Gasteiger partial charge in [-0.25, -0.2) is 0 Å². The van der Waals surface area contributed by atoms with E-state index in [1.54, 1.807) is 5.57 Å². The van der Waals surface area contributed by atoms with Crippen LogP contribution in [-0.4, -0.2) is 48.3 Å². The molecule has 1 saturated carbocycles. The fourth-order valence-corrected chi connectivity index (χ4v) is 5.94. The zero-order valence-electron chi connectivity index (χ0n) is 20.3. The standard InChI is InChI=1S/C29H41NO3/c1-22-8-7-11-23(18-22)9-5-6-12-26-27-20-24(19-25(27)21-28(26)31)10-3-2-4-13-29(32)30-14-16-33-17-15-30/h6-8,11-12,18-19,25-28,31H,2-5,9-10,13-17,20-21H2,1H3/b12-6+/t25-,26+,27-,28+/m0/s1. The topological polar surface area (TPSA) is 49.8 Å². The van der Waals surface area contributed by atoms with Crippen LogP contribution in [0.2, 0.25) is 0 Å². The molecule has 33 heavy (non-hydrogen) atoms. The second kappa shape index (κ2) is 12.0. The van der Waals surface area contributed by atoms with E-state index in [4.69, 9.17) is 4.74 Å². The number of hydrogen-bond acceptors (Lipinski definition) is 3. The molecule has 4 atom stereocenters. The second-order valence-electron chi connectivity index (χ2n) is 10.2. The average molecular weight is 452 g/mol. The Balaban J connectivity index is 1.14. The Bertz CT molecular complexity index is 839. The Labute approximate surface area is 199 Å². The van der Waals surface area contributed by atoms with Gasteiger partial charge < -0.3 is 14.7 Å². The molecule has 1 aliphatic heterocycles. The Morgan fingerprint density at radius 2 is 2.03 bits per heavy atom. The SMILES string of the molecule is Cc1cccc(CC/C=C/[C@@H]2[C@H]3CC(CCCCCC(=O)N4CCOCC4)=C[C@H]3C[C@H]2O)c1. The number of aryl methyl sites for hydroxylation is 2. The highest BCUT2D eigenvalue weighted by atomic mass is 16.5. The third-order valence-corrected chi connectivity index (χ3v) is 7.74. The van der Waals surface area contributed by atoms with E-state index in [0.29, 0.717) is 43.3 Å². The minimum Gasteiger partial charge on any atom is -0.392 e. The molecule has 0 aromatic heterocycles.